The van der Waals surface area contributed by atoms with Gasteiger partial charge in [-0.3, -0.25) is 0 Å². The first kappa shape index (κ1) is 17.1. The van der Waals surface area contributed by atoms with Gasteiger partial charge in [-0.2, -0.15) is 0 Å². The molecular formula is C19H20N2O4. The molecule has 3 rings (SSSR count). The van der Waals surface area contributed by atoms with Crippen molar-refractivity contribution >= 4 is 11.7 Å². The zero-order valence-corrected chi connectivity index (χ0v) is 13.7. The molecule has 0 aromatic heterocycles. The number of benzene rings is 2. The molecule has 0 unspecified atom stereocenters. The van der Waals surface area contributed by atoms with Crippen molar-refractivity contribution in [2.75, 3.05) is 19.7 Å². The van der Waals surface area contributed by atoms with E-state index in [0.29, 0.717) is 13.1 Å². The third-order valence-electron chi connectivity index (χ3n) is 4.07. The van der Waals surface area contributed by atoms with E-state index in [9.17, 15) is 15.0 Å². The van der Waals surface area contributed by atoms with Crippen LogP contribution in [0.15, 0.2) is 53.7 Å². The lowest BCUT2D eigenvalue weighted by molar-refractivity contribution is -0.660. The molecule has 0 saturated heterocycles. The van der Waals surface area contributed by atoms with Gasteiger partial charge in [-0.25, -0.2) is 0 Å². The van der Waals surface area contributed by atoms with Gasteiger partial charge in [-0.1, -0.05) is 53.7 Å². The summed E-state index contributed by atoms with van der Waals surface area (Å²) in [7, 11) is 0. The molecule has 1 aliphatic rings. The minimum Gasteiger partial charge on any atom is -0.550 e. The van der Waals surface area contributed by atoms with E-state index < -0.39 is 12.1 Å². The summed E-state index contributed by atoms with van der Waals surface area (Å²) in [6.07, 6.45) is -0.762. The summed E-state index contributed by atoms with van der Waals surface area (Å²) in [6, 6.07) is 16.0. The molecule has 0 spiro atoms. The molecule has 0 radical (unpaired) electrons. The number of nitrogens with two attached hydrogens (primary N) is 1. The third kappa shape index (κ3) is 4.04. The Hall–Kier alpha value is -2.70. The molecule has 1 aliphatic carbocycles. The molecule has 0 saturated carbocycles. The Morgan fingerprint density at radius 2 is 1.64 bits per heavy atom. The van der Waals surface area contributed by atoms with Gasteiger partial charge in [0.25, 0.3) is 0 Å². The predicted octanol–water partition coefficient (Wildman–Crippen LogP) is -0.500. The van der Waals surface area contributed by atoms with E-state index in [0.717, 1.165) is 28.0 Å². The lowest BCUT2D eigenvalue weighted by atomic mass is 10.1. The van der Waals surface area contributed by atoms with Gasteiger partial charge in [0.1, 0.15) is 25.0 Å². The second-order valence-electron chi connectivity index (χ2n) is 5.92. The molecule has 25 heavy (non-hydrogen) atoms. The zero-order chi connectivity index (χ0) is 17.6. The van der Waals surface area contributed by atoms with Crippen LogP contribution in [0.5, 0.6) is 0 Å². The number of carboxylic acid groups (broad SMARTS) is 1. The van der Waals surface area contributed by atoms with Gasteiger partial charge in [0, 0.05) is 23.5 Å². The maximum atomic E-state index is 10.3. The van der Waals surface area contributed by atoms with Crippen molar-refractivity contribution in [3.63, 3.8) is 0 Å². The second kappa shape index (κ2) is 7.92. The Balaban J connectivity index is 1.61. The van der Waals surface area contributed by atoms with Crippen LogP contribution < -0.4 is 10.4 Å². The fraction of sp³-hybridized carbons (Fsp3) is 0.263. The smallest absolute Gasteiger partial charge is 0.148 e. The fourth-order valence-corrected chi connectivity index (χ4v) is 2.88. The Labute approximate surface area is 145 Å². The summed E-state index contributed by atoms with van der Waals surface area (Å²) < 4.78 is 0. The minimum atomic E-state index is -1.09. The molecule has 6 heteroatoms. The van der Waals surface area contributed by atoms with Crippen LogP contribution in [0.25, 0.3) is 11.1 Å². The first-order chi connectivity index (χ1) is 12.2. The van der Waals surface area contributed by atoms with Crippen LogP contribution in [0.2, 0.25) is 0 Å². The van der Waals surface area contributed by atoms with Gasteiger partial charge in [0.05, 0.1) is 6.54 Å². The molecule has 6 nitrogen and oxygen atoms in total. The van der Waals surface area contributed by atoms with Crippen molar-refractivity contribution < 1.29 is 25.2 Å². The van der Waals surface area contributed by atoms with E-state index >= 15 is 0 Å². The monoisotopic (exact) mass is 340 g/mol. The predicted molar refractivity (Wildman–Crippen MR) is 90.8 cm³/mol. The van der Waals surface area contributed by atoms with Crippen LogP contribution in [0.3, 0.4) is 0 Å². The highest BCUT2D eigenvalue weighted by Crippen LogP contribution is 2.36. The zero-order valence-electron chi connectivity index (χ0n) is 13.7. The molecule has 1 atom stereocenters. The summed E-state index contributed by atoms with van der Waals surface area (Å²) in [5.74, 6) is -1.09. The number of rotatable bonds is 8. The largest absolute Gasteiger partial charge is 0.550 e. The van der Waals surface area contributed by atoms with Crippen LogP contribution in [0.4, 0.5) is 0 Å². The highest BCUT2D eigenvalue weighted by Gasteiger charge is 2.24. The molecule has 3 N–H and O–H groups in total. The number of carbonyl (C=O) groups is 1. The van der Waals surface area contributed by atoms with Crippen molar-refractivity contribution in [2.45, 2.75) is 12.5 Å². The SMILES string of the molecule is O=C([O-])CC[NH2+]C[C@@H](O)CON=C1c2ccccc2-c2ccccc21. The van der Waals surface area contributed by atoms with Crippen molar-refractivity contribution in [3.8, 4) is 11.1 Å². The number of quaternary nitrogens is 1. The van der Waals surface area contributed by atoms with Crippen molar-refractivity contribution in [1.29, 1.82) is 0 Å². The van der Waals surface area contributed by atoms with E-state index in [2.05, 4.69) is 17.3 Å². The van der Waals surface area contributed by atoms with E-state index in [1.54, 1.807) is 5.32 Å². The number of nitrogens with zero attached hydrogens (tertiary/aromatic N) is 1. The van der Waals surface area contributed by atoms with Crippen molar-refractivity contribution in [1.82, 2.24) is 0 Å². The average molecular weight is 340 g/mol. The number of carboxylic acids is 1. The van der Waals surface area contributed by atoms with E-state index in [1.165, 1.54) is 0 Å². The molecule has 0 heterocycles. The Morgan fingerprint density at radius 3 is 2.20 bits per heavy atom. The van der Waals surface area contributed by atoms with Crippen LogP contribution >= 0.6 is 0 Å². The topological polar surface area (TPSA) is 98.6 Å². The number of fused-ring (bicyclic) bond motifs is 3. The summed E-state index contributed by atoms with van der Waals surface area (Å²) in [4.78, 5) is 15.7. The number of oxime groups is 1. The number of aliphatic hydroxyl groups excluding tert-OH is 1. The number of aliphatic hydroxyl groups is 1. The Kier molecular flexibility index (Phi) is 5.42. The maximum Gasteiger partial charge on any atom is 0.148 e. The van der Waals surface area contributed by atoms with Gasteiger partial charge >= 0.3 is 0 Å². The van der Waals surface area contributed by atoms with Gasteiger partial charge in [-0.15, -0.1) is 0 Å². The van der Waals surface area contributed by atoms with Gasteiger partial charge in [0.15, 0.2) is 0 Å². The van der Waals surface area contributed by atoms with Crippen molar-refractivity contribution in [2.24, 2.45) is 5.16 Å². The molecular weight excluding hydrogens is 320 g/mol. The number of aliphatic carboxylic acids is 1. The van der Waals surface area contributed by atoms with Crippen LogP contribution in [0, 0.1) is 0 Å². The van der Waals surface area contributed by atoms with Gasteiger partial charge < -0.3 is 25.2 Å². The first-order valence-corrected chi connectivity index (χ1v) is 8.25. The number of carbonyl (C=O) groups excluding carboxylic acids is 1. The molecule has 0 fully saturated rings. The molecule has 2 aromatic rings. The van der Waals surface area contributed by atoms with E-state index in [-0.39, 0.29) is 13.0 Å². The molecule has 2 aromatic carbocycles. The highest BCUT2D eigenvalue weighted by molar-refractivity contribution is 6.24. The summed E-state index contributed by atoms with van der Waals surface area (Å²) in [6.45, 7) is 0.773. The molecule has 0 bridgehead atoms. The lowest BCUT2D eigenvalue weighted by Crippen LogP contribution is -2.87. The van der Waals surface area contributed by atoms with Crippen molar-refractivity contribution in [3.05, 3.63) is 59.7 Å². The summed E-state index contributed by atoms with van der Waals surface area (Å²) in [5.41, 5.74) is 5.03. The van der Waals surface area contributed by atoms with Crippen LogP contribution in [0.1, 0.15) is 17.5 Å². The quantitative estimate of drug-likeness (QED) is 0.427. The average Bonchev–Trinajstić information content (AvgIpc) is 2.93. The summed E-state index contributed by atoms with van der Waals surface area (Å²) in [5, 5.41) is 26.2. The van der Waals surface area contributed by atoms with Gasteiger partial charge in [0.2, 0.25) is 0 Å². The standard InChI is InChI=1S/C19H20N2O4/c22-13(11-20-10-9-18(23)24)12-25-21-19-16-7-3-1-5-14(16)15-6-2-4-8-17(15)19/h1-8,13,20,22H,9-12H2,(H,23,24)/t13-/m1/s1. The lowest BCUT2D eigenvalue weighted by Gasteiger charge is -2.09. The van der Waals surface area contributed by atoms with Gasteiger partial charge in [-0.05, 0) is 11.1 Å². The van der Waals surface area contributed by atoms with E-state index in [4.69, 9.17) is 4.84 Å². The molecule has 130 valence electrons. The molecule has 0 amide bonds. The minimum absolute atomic E-state index is 0.0382. The number of hydrogen-bond donors (Lipinski definition) is 2. The normalized spacial score (nSPS) is 13.1. The Morgan fingerprint density at radius 1 is 1.08 bits per heavy atom. The highest BCUT2D eigenvalue weighted by atomic mass is 16.6. The third-order valence-corrected chi connectivity index (χ3v) is 4.07. The van der Waals surface area contributed by atoms with E-state index in [1.807, 2.05) is 36.4 Å². The van der Waals surface area contributed by atoms with Crippen LogP contribution in [-0.4, -0.2) is 42.6 Å². The first-order valence-electron chi connectivity index (χ1n) is 8.25. The maximum absolute atomic E-state index is 10.3. The summed E-state index contributed by atoms with van der Waals surface area (Å²) >= 11 is 0. The molecule has 0 aliphatic heterocycles. The van der Waals surface area contributed by atoms with Crippen LogP contribution in [-0.2, 0) is 9.63 Å². The Bertz CT molecular complexity index is 741. The number of hydrogen-bond acceptors (Lipinski definition) is 5. The fourth-order valence-electron chi connectivity index (χ4n) is 2.88. The second-order valence-corrected chi connectivity index (χ2v) is 5.92.